The lowest BCUT2D eigenvalue weighted by Gasteiger charge is -2.41. The molecule has 0 bridgehead atoms. The normalized spacial score (nSPS) is 22.5. The summed E-state index contributed by atoms with van der Waals surface area (Å²) in [6.45, 7) is 13.4. The zero-order chi connectivity index (χ0) is 39.7. The summed E-state index contributed by atoms with van der Waals surface area (Å²) >= 11 is 0. The molecule has 1 aromatic rings. The fourth-order valence-electron chi connectivity index (χ4n) is 8.10. The molecule has 1 aliphatic heterocycles. The van der Waals surface area contributed by atoms with Gasteiger partial charge in [0.15, 0.2) is 0 Å². The van der Waals surface area contributed by atoms with Gasteiger partial charge in [0.1, 0.15) is 12.1 Å². The fourth-order valence-corrected chi connectivity index (χ4v) is 8.10. The van der Waals surface area contributed by atoms with Crippen molar-refractivity contribution in [2.75, 3.05) is 28.3 Å². The van der Waals surface area contributed by atoms with Gasteiger partial charge in [-0.3, -0.25) is 19.2 Å². The van der Waals surface area contributed by atoms with Gasteiger partial charge in [-0.05, 0) is 49.1 Å². The fraction of sp³-hybridized carbons (Fsp3) is 0.725. The highest BCUT2D eigenvalue weighted by Gasteiger charge is 2.57. The number of nitrogens with one attached hydrogen (secondary N) is 3. The number of piperidine rings is 1. The summed E-state index contributed by atoms with van der Waals surface area (Å²) in [6.07, 6.45) is 1.08. The molecule has 3 rings (SSSR count). The summed E-state index contributed by atoms with van der Waals surface area (Å²) in [5.41, 5.74) is 0.789. The molecule has 1 saturated heterocycles. The predicted octanol–water partition coefficient (Wildman–Crippen LogP) is 3.10. The number of carbonyl (C=O) groups excluding carboxylic acids is 4. The average Bonchev–Trinajstić information content (AvgIpc) is 3.78. The standard InChI is InChI=1S/C40H65N5O8/c1-12-24(6)35(44(9)39(49)34(23(4)5)43-38(48)33(41-8)22(2)3)31(52-10)21-32(46)45-29-19-27(29)20-30(45)36(53-11)25(7)37(47)42-28(40(50)51)18-26-16-14-13-15-17-26/h13-17,22-25,27-31,33-36,41H,12,18-21H2,1-11H3,(H,42,47)(H,43,48)(H,50,51)/t24-,25+,27-,28-,29?,30-,31?,33-,34-,35?,36?/m0/s1. The number of rotatable bonds is 21. The van der Waals surface area contributed by atoms with Gasteiger partial charge >= 0.3 is 5.97 Å². The Kier molecular flexibility index (Phi) is 16.3. The van der Waals surface area contributed by atoms with Crippen molar-refractivity contribution in [2.24, 2.45) is 29.6 Å². The number of methoxy groups -OCH3 is 2. The van der Waals surface area contributed by atoms with Gasteiger partial charge in [-0.25, -0.2) is 4.79 Å². The number of nitrogens with zero attached hydrogens (tertiary/aromatic N) is 2. The Morgan fingerprint density at radius 3 is 2.04 bits per heavy atom. The first-order chi connectivity index (χ1) is 25.0. The summed E-state index contributed by atoms with van der Waals surface area (Å²) in [5.74, 6) is -2.89. The van der Waals surface area contributed by atoms with Crippen LogP contribution < -0.4 is 16.0 Å². The number of aliphatic carboxylic acids is 1. The number of carboxylic acids is 1. The van der Waals surface area contributed by atoms with E-state index in [1.807, 2.05) is 76.8 Å². The third kappa shape index (κ3) is 10.8. The topological polar surface area (TPSA) is 167 Å². The van der Waals surface area contributed by atoms with Crippen LogP contribution in [0.4, 0.5) is 0 Å². The lowest BCUT2D eigenvalue weighted by atomic mass is 9.89. The first kappa shape index (κ1) is 43.9. The molecule has 4 N–H and O–H groups in total. The van der Waals surface area contributed by atoms with E-state index in [2.05, 4.69) is 16.0 Å². The number of carbonyl (C=O) groups is 5. The number of carboxylic acid groups (broad SMARTS) is 1. The lowest BCUT2D eigenvalue weighted by Crippen LogP contribution is -2.59. The Morgan fingerprint density at radius 1 is 0.906 bits per heavy atom. The molecule has 2 fully saturated rings. The van der Waals surface area contributed by atoms with Crippen LogP contribution in [0.15, 0.2) is 30.3 Å². The van der Waals surface area contributed by atoms with Gasteiger partial charge in [-0.2, -0.15) is 0 Å². The second-order valence-corrected chi connectivity index (χ2v) is 15.8. The zero-order valence-corrected chi connectivity index (χ0v) is 33.6. The van der Waals surface area contributed by atoms with Gasteiger partial charge in [0.2, 0.25) is 23.6 Å². The molecule has 4 amide bonds. The molecular weight excluding hydrogens is 678 g/mol. The van der Waals surface area contributed by atoms with Crippen molar-refractivity contribution in [1.29, 1.82) is 0 Å². The summed E-state index contributed by atoms with van der Waals surface area (Å²) < 4.78 is 12.0. The zero-order valence-electron chi connectivity index (χ0n) is 33.6. The summed E-state index contributed by atoms with van der Waals surface area (Å²) in [5, 5.41) is 18.6. The Labute approximate surface area is 316 Å². The maximum atomic E-state index is 14.4. The minimum atomic E-state index is -1.13. The smallest absolute Gasteiger partial charge is 0.326 e. The van der Waals surface area contributed by atoms with E-state index in [9.17, 15) is 29.1 Å². The van der Waals surface area contributed by atoms with Crippen LogP contribution in [-0.4, -0.2) is 121 Å². The van der Waals surface area contributed by atoms with Crippen molar-refractivity contribution in [1.82, 2.24) is 25.8 Å². The second-order valence-electron chi connectivity index (χ2n) is 15.8. The van der Waals surface area contributed by atoms with E-state index in [1.54, 1.807) is 33.0 Å². The van der Waals surface area contributed by atoms with Gasteiger partial charge in [-0.1, -0.05) is 85.2 Å². The molecule has 53 heavy (non-hydrogen) atoms. The van der Waals surface area contributed by atoms with Crippen molar-refractivity contribution in [2.45, 2.75) is 129 Å². The van der Waals surface area contributed by atoms with Crippen molar-refractivity contribution in [3.63, 3.8) is 0 Å². The quantitative estimate of drug-likeness (QED) is 0.148. The molecule has 2 aliphatic rings. The molecule has 13 nitrogen and oxygen atoms in total. The maximum absolute atomic E-state index is 14.4. The monoisotopic (exact) mass is 743 g/mol. The highest BCUT2D eigenvalue weighted by atomic mass is 16.5. The number of benzene rings is 1. The van der Waals surface area contributed by atoms with Crippen molar-refractivity contribution >= 4 is 29.6 Å². The highest BCUT2D eigenvalue weighted by molar-refractivity contribution is 5.90. The number of fused-ring (bicyclic) bond motifs is 1. The van der Waals surface area contributed by atoms with E-state index >= 15 is 0 Å². The molecule has 4 unspecified atom stereocenters. The largest absolute Gasteiger partial charge is 0.480 e. The molecule has 298 valence electrons. The molecule has 13 heteroatoms. The van der Waals surface area contributed by atoms with E-state index in [1.165, 1.54) is 7.11 Å². The van der Waals surface area contributed by atoms with Crippen LogP contribution in [-0.2, 0) is 39.9 Å². The van der Waals surface area contributed by atoms with E-state index in [4.69, 9.17) is 9.47 Å². The van der Waals surface area contributed by atoms with Crippen molar-refractivity contribution in [3.05, 3.63) is 35.9 Å². The summed E-state index contributed by atoms with van der Waals surface area (Å²) in [6, 6.07) is 5.92. The third-order valence-electron chi connectivity index (χ3n) is 11.5. The molecule has 11 atom stereocenters. The number of hydrogen-bond donors (Lipinski definition) is 4. The van der Waals surface area contributed by atoms with Crippen LogP contribution >= 0.6 is 0 Å². The molecule has 1 saturated carbocycles. The molecule has 0 aromatic heterocycles. The van der Waals surface area contributed by atoms with Gasteiger partial charge < -0.3 is 40.3 Å². The Morgan fingerprint density at radius 2 is 1.53 bits per heavy atom. The number of ether oxygens (including phenoxy) is 2. The van der Waals surface area contributed by atoms with E-state index in [0.717, 1.165) is 18.4 Å². The number of likely N-dealkylation sites (N-methyl/N-ethyl adjacent to an activating group) is 2. The van der Waals surface area contributed by atoms with E-state index in [0.29, 0.717) is 12.3 Å². The molecular formula is C40H65N5O8. The van der Waals surface area contributed by atoms with Crippen LogP contribution in [0, 0.1) is 29.6 Å². The van der Waals surface area contributed by atoms with Gasteiger partial charge in [0.25, 0.3) is 0 Å². The molecule has 1 heterocycles. The minimum absolute atomic E-state index is 0.00586. The van der Waals surface area contributed by atoms with Crippen LogP contribution in [0.5, 0.6) is 0 Å². The SMILES string of the molecule is CC[C@H](C)C(C(CC(=O)N1C2C[C@H]2C[C@H]1C(OC)[C@@H](C)C(=O)N[C@@H](Cc1ccccc1)C(=O)O)OC)N(C)C(=O)[C@@H](NC(=O)[C@@H](NC)C(C)C)C(C)C. The Bertz CT molecular complexity index is 1390. The third-order valence-corrected chi connectivity index (χ3v) is 11.5. The van der Waals surface area contributed by atoms with Gasteiger partial charge in [0, 0.05) is 33.7 Å². The minimum Gasteiger partial charge on any atom is -0.480 e. The first-order valence-corrected chi connectivity index (χ1v) is 19.2. The molecule has 1 aliphatic carbocycles. The van der Waals surface area contributed by atoms with Crippen LogP contribution in [0.2, 0.25) is 0 Å². The molecule has 0 radical (unpaired) electrons. The Balaban J connectivity index is 1.80. The molecule has 0 spiro atoms. The maximum Gasteiger partial charge on any atom is 0.326 e. The van der Waals surface area contributed by atoms with E-state index in [-0.39, 0.29) is 54.4 Å². The number of hydrogen-bond acceptors (Lipinski definition) is 8. The molecule has 1 aromatic carbocycles. The predicted molar refractivity (Wildman–Crippen MR) is 203 cm³/mol. The average molecular weight is 744 g/mol. The van der Waals surface area contributed by atoms with Crippen LogP contribution in [0.1, 0.15) is 79.7 Å². The number of likely N-dealkylation sites (tertiary alicyclic amines) is 1. The van der Waals surface area contributed by atoms with E-state index < -0.39 is 60.2 Å². The lowest BCUT2D eigenvalue weighted by molar-refractivity contribution is -0.149. The van der Waals surface area contributed by atoms with Gasteiger partial charge in [-0.15, -0.1) is 0 Å². The van der Waals surface area contributed by atoms with Crippen molar-refractivity contribution < 1.29 is 38.6 Å². The first-order valence-electron chi connectivity index (χ1n) is 19.2. The van der Waals surface area contributed by atoms with Gasteiger partial charge in [0.05, 0.1) is 42.7 Å². The summed E-state index contributed by atoms with van der Waals surface area (Å²) in [7, 11) is 6.51. The van der Waals surface area contributed by atoms with Crippen LogP contribution in [0.25, 0.3) is 0 Å². The highest BCUT2D eigenvalue weighted by Crippen LogP contribution is 2.50. The number of amides is 4. The second kappa shape index (κ2) is 19.7. The Hall–Kier alpha value is -3.55. The van der Waals surface area contributed by atoms with Crippen LogP contribution in [0.3, 0.4) is 0 Å². The van der Waals surface area contributed by atoms with Crippen molar-refractivity contribution in [3.8, 4) is 0 Å². The summed E-state index contributed by atoms with van der Waals surface area (Å²) in [4.78, 5) is 70.9.